The molecule has 4 heteroatoms. The Morgan fingerprint density at radius 1 is 1.28 bits per heavy atom. The van der Waals surface area contributed by atoms with Crippen molar-refractivity contribution in [2.45, 2.75) is 44.7 Å². The molecule has 18 heavy (non-hydrogen) atoms. The Kier molecular flexibility index (Phi) is 3.57. The SMILES string of the molecule is CC(C(=O)N1CCNCC1)N(CC1CC1)C1CC1. The van der Waals surface area contributed by atoms with E-state index in [4.69, 9.17) is 0 Å². The van der Waals surface area contributed by atoms with Crippen LogP contribution in [0.25, 0.3) is 0 Å². The highest BCUT2D eigenvalue weighted by Crippen LogP contribution is 2.36. The van der Waals surface area contributed by atoms with Crippen LogP contribution >= 0.6 is 0 Å². The van der Waals surface area contributed by atoms with E-state index < -0.39 is 0 Å². The number of nitrogens with one attached hydrogen (secondary N) is 1. The van der Waals surface area contributed by atoms with Gasteiger partial charge >= 0.3 is 0 Å². The lowest BCUT2D eigenvalue weighted by molar-refractivity contribution is -0.137. The van der Waals surface area contributed by atoms with Crippen LogP contribution in [-0.4, -0.2) is 60.5 Å². The summed E-state index contributed by atoms with van der Waals surface area (Å²) in [6.45, 7) is 6.93. The van der Waals surface area contributed by atoms with Crippen molar-refractivity contribution in [3.05, 3.63) is 0 Å². The zero-order chi connectivity index (χ0) is 12.5. The van der Waals surface area contributed by atoms with E-state index in [1.807, 2.05) is 4.90 Å². The highest BCUT2D eigenvalue weighted by Gasteiger charge is 2.39. The van der Waals surface area contributed by atoms with Crippen molar-refractivity contribution in [1.82, 2.24) is 15.1 Å². The molecule has 0 aromatic carbocycles. The van der Waals surface area contributed by atoms with Gasteiger partial charge in [-0.1, -0.05) is 0 Å². The molecule has 3 aliphatic rings. The van der Waals surface area contributed by atoms with E-state index in [1.165, 1.54) is 25.7 Å². The van der Waals surface area contributed by atoms with Gasteiger partial charge in [-0.3, -0.25) is 9.69 Å². The molecule has 1 saturated heterocycles. The van der Waals surface area contributed by atoms with E-state index >= 15 is 0 Å². The van der Waals surface area contributed by atoms with Gasteiger partial charge in [-0.2, -0.15) is 0 Å². The highest BCUT2D eigenvalue weighted by molar-refractivity contribution is 5.81. The summed E-state index contributed by atoms with van der Waals surface area (Å²) in [6, 6.07) is 0.795. The van der Waals surface area contributed by atoms with E-state index in [0.717, 1.165) is 38.6 Å². The molecule has 1 unspecified atom stereocenters. The molecule has 1 atom stereocenters. The molecule has 0 radical (unpaired) electrons. The minimum Gasteiger partial charge on any atom is -0.339 e. The summed E-state index contributed by atoms with van der Waals surface area (Å²) in [7, 11) is 0. The monoisotopic (exact) mass is 251 g/mol. The number of amides is 1. The van der Waals surface area contributed by atoms with Crippen LogP contribution < -0.4 is 5.32 Å². The van der Waals surface area contributed by atoms with Gasteiger partial charge < -0.3 is 10.2 Å². The van der Waals surface area contributed by atoms with Gasteiger partial charge in [0.1, 0.15) is 0 Å². The van der Waals surface area contributed by atoms with Crippen molar-refractivity contribution in [3.8, 4) is 0 Å². The molecule has 2 saturated carbocycles. The van der Waals surface area contributed by atoms with E-state index in [9.17, 15) is 4.79 Å². The normalized spacial score (nSPS) is 26.4. The van der Waals surface area contributed by atoms with E-state index in [1.54, 1.807) is 0 Å². The molecule has 0 aromatic rings. The zero-order valence-electron chi connectivity index (χ0n) is 11.4. The third-order valence-corrected chi connectivity index (χ3v) is 4.47. The molecular formula is C14H25N3O. The third kappa shape index (κ3) is 2.86. The number of nitrogens with zero attached hydrogens (tertiary/aromatic N) is 2. The molecule has 1 aliphatic heterocycles. The fourth-order valence-electron chi connectivity index (χ4n) is 2.92. The number of rotatable bonds is 5. The molecular weight excluding hydrogens is 226 g/mol. The number of piperazine rings is 1. The van der Waals surface area contributed by atoms with Crippen LogP contribution in [0.15, 0.2) is 0 Å². The number of carbonyl (C=O) groups is 1. The van der Waals surface area contributed by atoms with E-state index in [-0.39, 0.29) is 6.04 Å². The molecule has 1 amide bonds. The topological polar surface area (TPSA) is 35.6 Å². The Balaban J connectivity index is 1.58. The maximum Gasteiger partial charge on any atom is 0.239 e. The Morgan fingerprint density at radius 3 is 2.50 bits per heavy atom. The lowest BCUT2D eigenvalue weighted by atomic mass is 10.2. The maximum absolute atomic E-state index is 12.5. The van der Waals surface area contributed by atoms with E-state index in [2.05, 4.69) is 17.1 Å². The quantitative estimate of drug-likeness (QED) is 0.780. The first kappa shape index (κ1) is 12.4. The minimum absolute atomic E-state index is 0.0937. The molecule has 3 rings (SSSR count). The van der Waals surface area contributed by atoms with Gasteiger partial charge in [-0.25, -0.2) is 0 Å². The molecule has 2 aliphatic carbocycles. The summed E-state index contributed by atoms with van der Waals surface area (Å²) >= 11 is 0. The molecule has 4 nitrogen and oxygen atoms in total. The second-order valence-electron chi connectivity index (χ2n) is 6.12. The molecule has 1 heterocycles. The second-order valence-corrected chi connectivity index (χ2v) is 6.12. The smallest absolute Gasteiger partial charge is 0.239 e. The second kappa shape index (κ2) is 5.17. The van der Waals surface area contributed by atoms with Crippen molar-refractivity contribution in [3.63, 3.8) is 0 Å². The number of carbonyl (C=O) groups excluding carboxylic acids is 1. The van der Waals surface area contributed by atoms with Gasteiger partial charge in [0.15, 0.2) is 0 Å². The Labute approximate surface area is 110 Å². The van der Waals surface area contributed by atoms with Crippen LogP contribution in [0.2, 0.25) is 0 Å². The lowest BCUT2D eigenvalue weighted by Crippen LogP contribution is -2.53. The summed E-state index contributed by atoms with van der Waals surface area (Å²) in [4.78, 5) is 17.1. The summed E-state index contributed by atoms with van der Waals surface area (Å²) < 4.78 is 0. The predicted molar refractivity (Wildman–Crippen MR) is 71.4 cm³/mol. The Morgan fingerprint density at radius 2 is 1.94 bits per heavy atom. The van der Waals surface area contributed by atoms with Crippen molar-refractivity contribution in [1.29, 1.82) is 0 Å². The summed E-state index contributed by atoms with van der Waals surface area (Å²) in [5.74, 6) is 1.23. The third-order valence-electron chi connectivity index (χ3n) is 4.47. The van der Waals surface area contributed by atoms with Gasteiger partial charge in [-0.05, 0) is 38.5 Å². The van der Waals surface area contributed by atoms with Crippen molar-refractivity contribution >= 4 is 5.91 Å². The predicted octanol–water partition coefficient (Wildman–Crippen LogP) is 0.681. The van der Waals surface area contributed by atoms with Crippen LogP contribution in [0, 0.1) is 5.92 Å². The van der Waals surface area contributed by atoms with Crippen LogP contribution in [0.4, 0.5) is 0 Å². The van der Waals surface area contributed by atoms with Crippen LogP contribution in [0.5, 0.6) is 0 Å². The summed E-state index contributed by atoms with van der Waals surface area (Å²) in [5, 5.41) is 3.31. The first-order valence-electron chi connectivity index (χ1n) is 7.51. The van der Waals surface area contributed by atoms with Crippen molar-refractivity contribution < 1.29 is 4.79 Å². The average Bonchev–Trinajstić information content (AvgIpc) is 3.28. The highest BCUT2D eigenvalue weighted by atomic mass is 16.2. The Bertz CT molecular complexity index is 306. The lowest BCUT2D eigenvalue weighted by Gasteiger charge is -2.35. The van der Waals surface area contributed by atoms with Gasteiger partial charge in [0.05, 0.1) is 6.04 Å². The van der Waals surface area contributed by atoms with Crippen LogP contribution in [0.1, 0.15) is 32.6 Å². The van der Waals surface area contributed by atoms with Gasteiger partial charge in [0, 0.05) is 38.8 Å². The van der Waals surface area contributed by atoms with E-state index in [0.29, 0.717) is 11.9 Å². The minimum atomic E-state index is 0.0937. The van der Waals surface area contributed by atoms with Gasteiger partial charge in [-0.15, -0.1) is 0 Å². The molecule has 0 bridgehead atoms. The standard InChI is InChI=1S/C14H25N3O/c1-11(14(18)16-8-6-15-7-9-16)17(13-4-5-13)10-12-2-3-12/h11-13,15H,2-10H2,1H3. The van der Waals surface area contributed by atoms with Crippen LogP contribution in [0.3, 0.4) is 0 Å². The molecule has 1 N–H and O–H groups in total. The maximum atomic E-state index is 12.5. The summed E-state index contributed by atoms with van der Waals surface area (Å²) in [6.07, 6.45) is 5.34. The number of hydrogen-bond acceptors (Lipinski definition) is 3. The number of hydrogen-bond donors (Lipinski definition) is 1. The first-order chi connectivity index (χ1) is 8.75. The Hall–Kier alpha value is -0.610. The molecule has 0 aromatic heterocycles. The van der Waals surface area contributed by atoms with Gasteiger partial charge in [0.2, 0.25) is 5.91 Å². The van der Waals surface area contributed by atoms with Crippen molar-refractivity contribution in [2.24, 2.45) is 5.92 Å². The summed E-state index contributed by atoms with van der Waals surface area (Å²) in [5.41, 5.74) is 0. The van der Waals surface area contributed by atoms with Crippen LogP contribution in [-0.2, 0) is 4.79 Å². The molecule has 0 spiro atoms. The largest absolute Gasteiger partial charge is 0.339 e. The zero-order valence-corrected chi connectivity index (χ0v) is 11.4. The molecule has 102 valence electrons. The molecule has 3 fully saturated rings. The first-order valence-corrected chi connectivity index (χ1v) is 7.51. The fraction of sp³-hybridized carbons (Fsp3) is 0.929. The van der Waals surface area contributed by atoms with Crippen molar-refractivity contribution in [2.75, 3.05) is 32.7 Å². The average molecular weight is 251 g/mol. The fourth-order valence-corrected chi connectivity index (χ4v) is 2.92. The van der Waals surface area contributed by atoms with Gasteiger partial charge in [0.25, 0.3) is 0 Å².